The van der Waals surface area contributed by atoms with Gasteiger partial charge in [0.1, 0.15) is 5.82 Å². The van der Waals surface area contributed by atoms with Crippen LogP contribution in [0.5, 0.6) is 0 Å². The summed E-state index contributed by atoms with van der Waals surface area (Å²) in [5.41, 5.74) is 2.35. The van der Waals surface area contributed by atoms with Crippen LogP contribution in [0.2, 0.25) is 0 Å². The Morgan fingerprint density at radius 1 is 1.11 bits per heavy atom. The summed E-state index contributed by atoms with van der Waals surface area (Å²) in [6.45, 7) is 5.18. The van der Waals surface area contributed by atoms with Crippen molar-refractivity contribution in [1.29, 1.82) is 0 Å². The average molecular weight is 256 g/mol. The van der Waals surface area contributed by atoms with Crippen LogP contribution >= 0.6 is 0 Å². The molecular formula is C15H20N4. The molecule has 4 nitrogen and oxygen atoms in total. The number of anilines is 3. The molecule has 100 valence electrons. The van der Waals surface area contributed by atoms with E-state index in [0.717, 1.165) is 36.7 Å². The first-order valence-electron chi connectivity index (χ1n) is 6.73. The Morgan fingerprint density at radius 3 is 2.74 bits per heavy atom. The van der Waals surface area contributed by atoms with E-state index in [4.69, 9.17) is 0 Å². The molecule has 2 rings (SSSR count). The summed E-state index contributed by atoms with van der Waals surface area (Å²) in [7, 11) is 0. The Hall–Kier alpha value is -2.10. The highest BCUT2D eigenvalue weighted by Crippen LogP contribution is 2.17. The van der Waals surface area contributed by atoms with Crippen LogP contribution in [0.1, 0.15) is 25.8 Å². The van der Waals surface area contributed by atoms with Crippen molar-refractivity contribution in [1.82, 2.24) is 9.97 Å². The fraction of sp³-hybridized carbons (Fsp3) is 0.333. The number of hydrogen-bond acceptors (Lipinski definition) is 4. The SMILES string of the molecule is CCCNc1cncc(Nc2cccc(CC)c2)n1. The number of aryl methyl sites for hydroxylation is 1. The molecule has 0 bridgehead atoms. The molecular weight excluding hydrogens is 236 g/mol. The zero-order valence-corrected chi connectivity index (χ0v) is 11.5. The number of rotatable bonds is 6. The molecule has 19 heavy (non-hydrogen) atoms. The van der Waals surface area contributed by atoms with Crippen molar-refractivity contribution in [3.8, 4) is 0 Å². The van der Waals surface area contributed by atoms with Gasteiger partial charge in [-0.1, -0.05) is 26.0 Å². The van der Waals surface area contributed by atoms with E-state index in [1.807, 2.05) is 12.1 Å². The molecule has 2 aromatic rings. The van der Waals surface area contributed by atoms with Gasteiger partial charge in [-0.05, 0) is 30.5 Å². The largest absolute Gasteiger partial charge is 0.369 e. The van der Waals surface area contributed by atoms with E-state index < -0.39 is 0 Å². The molecule has 0 amide bonds. The highest BCUT2D eigenvalue weighted by atomic mass is 15.1. The zero-order valence-electron chi connectivity index (χ0n) is 11.5. The van der Waals surface area contributed by atoms with Crippen molar-refractivity contribution in [2.75, 3.05) is 17.2 Å². The minimum Gasteiger partial charge on any atom is -0.369 e. The molecule has 0 saturated heterocycles. The first-order chi connectivity index (χ1) is 9.31. The molecule has 0 unspecified atom stereocenters. The summed E-state index contributed by atoms with van der Waals surface area (Å²) in [5, 5.41) is 6.51. The van der Waals surface area contributed by atoms with Crippen LogP contribution in [0.25, 0.3) is 0 Å². The summed E-state index contributed by atoms with van der Waals surface area (Å²) >= 11 is 0. The van der Waals surface area contributed by atoms with Crippen molar-refractivity contribution in [3.05, 3.63) is 42.2 Å². The lowest BCUT2D eigenvalue weighted by Crippen LogP contribution is -2.04. The van der Waals surface area contributed by atoms with Crippen LogP contribution in [0.3, 0.4) is 0 Å². The van der Waals surface area contributed by atoms with Crippen molar-refractivity contribution in [2.24, 2.45) is 0 Å². The maximum Gasteiger partial charge on any atom is 0.151 e. The molecule has 0 fully saturated rings. The molecule has 0 atom stereocenters. The lowest BCUT2D eigenvalue weighted by atomic mass is 10.1. The van der Waals surface area contributed by atoms with Gasteiger partial charge in [0.15, 0.2) is 5.82 Å². The molecule has 4 heteroatoms. The molecule has 0 saturated carbocycles. The van der Waals surface area contributed by atoms with Gasteiger partial charge >= 0.3 is 0 Å². The Kier molecular flexibility index (Phi) is 4.72. The fourth-order valence-electron chi connectivity index (χ4n) is 1.78. The third-order valence-electron chi connectivity index (χ3n) is 2.80. The van der Waals surface area contributed by atoms with Gasteiger partial charge < -0.3 is 10.6 Å². The van der Waals surface area contributed by atoms with E-state index in [0.29, 0.717) is 0 Å². The van der Waals surface area contributed by atoms with Crippen molar-refractivity contribution in [3.63, 3.8) is 0 Å². The third-order valence-corrected chi connectivity index (χ3v) is 2.80. The fourth-order valence-corrected chi connectivity index (χ4v) is 1.78. The Labute approximate surface area is 114 Å². The minimum atomic E-state index is 0.759. The van der Waals surface area contributed by atoms with E-state index in [2.05, 4.69) is 46.6 Å². The number of benzene rings is 1. The van der Waals surface area contributed by atoms with Crippen LogP contribution in [0.4, 0.5) is 17.3 Å². The molecule has 2 N–H and O–H groups in total. The highest BCUT2D eigenvalue weighted by molar-refractivity contribution is 5.57. The maximum absolute atomic E-state index is 4.48. The van der Waals surface area contributed by atoms with Crippen LogP contribution in [0, 0.1) is 0 Å². The molecule has 0 aliphatic heterocycles. The normalized spacial score (nSPS) is 10.2. The molecule has 1 aromatic carbocycles. The summed E-state index contributed by atoms with van der Waals surface area (Å²) in [6, 6.07) is 8.34. The summed E-state index contributed by atoms with van der Waals surface area (Å²) in [5.74, 6) is 1.56. The lowest BCUT2D eigenvalue weighted by Gasteiger charge is -2.09. The lowest BCUT2D eigenvalue weighted by molar-refractivity contribution is 0.965. The molecule has 1 aromatic heterocycles. The van der Waals surface area contributed by atoms with Gasteiger partial charge in [0.05, 0.1) is 12.4 Å². The predicted octanol–water partition coefficient (Wildman–Crippen LogP) is 3.60. The Morgan fingerprint density at radius 2 is 1.95 bits per heavy atom. The summed E-state index contributed by atoms with van der Waals surface area (Å²) in [4.78, 5) is 8.67. The Balaban J connectivity index is 2.09. The van der Waals surface area contributed by atoms with Gasteiger partial charge in [-0.3, -0.25) is 4.98 Å². The van der Waals surface area contributed by atoms with E-state index in [-0.39, 0.29) is 0 Å². The van der Waals surface area contributed by atoms with E-state index in [1.54, 1.807) is 12.4 Å². The molecule has 0 spiro atoms. The third kappa shape index (κ3) is 3.95. The van der Waals surface area contributed by atoms with Gasteiger partial charge in [-0.2, -0.15) is 0 Å². The molecule has 0 aliphatic rings. The van der Waals surface area contributed by atoms with Gasteiger partial charge in [0.25, 0.3) is 0 Å². The monoisotopic (exact) mass is 256 g/mol. The van der Waals surface area contributed by atoms with Crippen LogP contribution < -0.4 is 10.6 Å². The number of nitrogens with zero attached hydrogens (tertiary/aromatic N) is 2. The first kappa shape index (κ1) is 13.3. The minimum absolute atomic E-state index is 0.759. The number of aromatic nitrogens is 2. The van der Waals surface area contributed by atoms with Crippen molar-refractivity contribution >= 4 is 17.3 Å². The summed E-state index contributed by atoms with van der Waals surface area (Å²) in [6.07, 6.45) is 5.57. The second kappa shape index (κ2) is 6.73. The average Bonchev–Trinajstić information content (AvgIpc) is 2.46. The summed E-state index contributed by atoms with van der Waals surface area (Å²) < 4.78 is 0. The molecule has 1 heterocycles. The molecule has 0 aliphatic carbocycles. The first-order valence-corrected chi connectivity index (χ1v) is 6.73. The second-order valence-electron chi connectivity index (χ2n) is 4.40. The van der Waals surface area contributed by atoms with Gasteiger partial charge in [0, 0.05) is 12.2 Å². The van der Waals surface area contributed by atoms with Gasteiger partial charge in [0.2, 0.25) is 0 Å². The quantitative estimate of drug-likeness (QED) is 0.829. The highest BCUT2D eigenvalue weighted by Gasteiger charge is 2.00. The molecule has 0 radical (unpaired) electrons. The van der Waals surface area contributed by atoms with Crippen LogP contribution in [0.15, 0.2) is 36.7 Å². The van der Waals surface area contributed by atoms with E-state index in [9.17, 15) is 0 Å². The van der Waals surface area contributed by atoms with Crippen LogP contribution in [-0.4, -0.2) is 16.5 Å². The zero-order chi connectivity index (χ0) is 13.5. The van der Waals surface area contributed by atoms with E-state index >= 15 is 0 Å². The predicted molar refractivity (Wildman–Crippen MR) is 79.9 cm³/mol. The maximum atomic E-state index is 4.48. The van der Waals surface area contributed by atoms with Crippen molar-refractivity contribution < 1.29 is 0 Å². The van der Waals surface area contributed by atoms with E-state index in [1.165, 1.54) is 5.56 Å². The standard InChI is InChI=1S/C15H20N4/c1-3-8-17-14-10-16-11-15(19-14)18-13-7-5-6-12(4-2)9-13/h5-7,9-11H,3-4,8H2,1-2H3,(H2,17,18,19). The van der Waals surface area contributed by atoms with Crippen LogP contribution in [-0.2, 0) is 6.42 Å². The van der Waals surface area contributed by atoms with Crippen molar-refractivity contribution in [2.45, 2.75) is 26.7 Å². The number of nitrogens with one attached hydrogen (secondary N) is 2. The van der Waals surface area contributed by atoms with Gasteiger partial charge in [-0.15, -0.1) is 0 Å². The smallest absolute Gasteiger partial charge is 0.151 e. The van der Waals surface area contributed by atoms with Gasteiger partial charge in [-0.25, -0.2) is 4.98 Å². The number of hydrogen-bond donors (Lipinski definition) is 2. The second-order valence-corrected chi connectivity index (χ2v) is 4.40. The Bertz CT molecular complexity index is 525. The topological polar surface area (TPSA) is 49.8 Å².